The van der Waals surface area contributed by atoms with Crippen LogP contribution >= 0.6 is 15.9 Å². The van der Waals surface area contributed by atoms with E-state index in [-0.39, 0.29) is 23.1 Å². The number of amides is 1. The summed E-state index contributed by atoms with van der Waals surface area (Å²) < 4.78 is 27.0. The van der Waals surface area contributed by atoms with Gasteiger partial charge in [0, 0.05) is 24.0 Å². The van der Waals surface area contributed by atoms with Crippen molar-refractivity contribution in [3.63, 3.8) is 0 Å². The van der Waals surface area contributed by atoms with E-state index in [1.54, 1.807) is 4.90 Å². The van der Waals surface area contributed by atoms with Crippen LogP contribution in [0.3, 0.4) is 0 Å². The second-order valence-corrected chi connectivity index (χ2v) is 5.71. The zero-order chi connectivity index (χ0) is 14.2. The van der Waals surface area contributed by atoms with Crippen molar-refractivity contribution in [2.45, 2.75) is 26.3 Å². The molecular formula is C14H16BrF2NO. The van der Waals surface area contributed by atoms with Gasteiger partial charge in [-0.05, 0) is 30.9 Å². The summed E-state index contributed by atoms with van der Waals surface area (Å²) in [5, 5.41) is 0.668. The number of likely N-dealkylation sites (tertiary alicyclic amines) is 1. The minimum atomic E-state index is -0.791. The third kappa shape index (κ3) is 2.66. The van der Waals surface area contributed by atoms with E-state index in [1.807, 2.05) is 0 Å². The normalized spacial score (nSPS) is 22.9. The van der Waals surface area contributed by atoms with E-state index in [0.717, 1.165) is 12.5 Å². The molecule has 0 saturated carbocycles. The van der Waals surface area contributed by atoms with Crippen LogP contribution in [0.2, 0.25) is 0 Å². The lowest BCUT2D eigenvalue weighted by molar-refractivity contribution is 0.0733. The SMILES string of the molecule is Cc1cc(C(=O)N2CCC(C)C2CBr)c(F)cc1F. The number of hydrogen-bond donors (Lipinski definition) is 0. The van der Waals surface area contributed by atoms with Crippen molar-refractivity contribution in [3.05, 3.63) is 34.9 Å². The molecule has 0 N–H and O–H groups in total. The van der Waals surface area contributed by atoms with Gasteiger partial charge in [-0.2, -0.15) is 0 Å². The summed E-state index contributed by atoms with van der Waals surface area (Å²) in [4.78, 5) is 14.1. The molecule has 2 rings (SSSR count). The Morgan fingerprint density at radius 2 is 2.11 bits per heavy atom. The largest absolute Gasteiger partial charge is 0.334 e. The number of alkyl halides is 1. The highest BCUT2D eigenvalue weighted by Gasteiger charge is 2.35. The van der Waals surface area contributed by atoms with Gasteiger partial charge in [0.15, 0.2) is 0 Å². The smallest absolute Gasteiger partial charge is 0.257 e. The molecule has 1 aliphatic heterocycles. The Kier molecular flexibility index (Phi) is 4.23. The number of halogens is 3. The Labute approximate surface area is 119 Å². The number of aryl methyl sites for hydroxylation is 1. The maximum absolute atomic E-state index is 13.8. The molecule has 2 atom stereocenters. The maximum atomic E-state index is 13.8. The van der Waals surface area contributed by atoms with Crippen LogP contribution in [-0.2, 0) is 0 Å². The average molecular weight is 332 g/mol. The first-order chi connectivity index (χ1) is 8.95. The molecule has 2 unspecified atom stereocenters. The number of carbonyl (C=O) groups is 1. The van der Waals surface area contributed by atoms with Gasteiger partial charge in [-0.1, -0.05) is 22.9 Å². The molecule has 104 valence electrons. The zero-order valence-electron chi connectivity index (χ0n) is 10.9. The minimum absolute atomic E-state index is 0.0426. The molecule has 1 heterocycles. The van der Waals surface area contributed by atoms with Crippen LogP contribution in [0.25, 0.3) is 0 Å². The van der Waals surface area contributed by atoms with Gasteiger partial charge in [0.1, 0.15) is 11.6 Å². The van der Waals surface area contributed by atoms with Crippen LogP contribution in [0.4, 0.5) is 8.78 Å². The fourth-order valence-corrected chi connectivity index (χ4v) is 3.46. The van der Waals surface area contributed by atoms with Crippen molar-refractivity contribution in [3.8, 4) is 0 Å². The van der Waals surface area contributed by atoms with Crippen LogP contribution in [0.1, 0.15) is 29.3 Å². The van der Waals surface area contributed by atoms with Gasteiger partial charge in [0.05, 0.1) is 5.56 Å². The van der Waals surface area contributed by atoms with Crippen molar-refractivity contribution in [1.29, 1.82) is 0 Å². The molecule has 0 aliphatic carbocycles. The number of hydrogen-bond acceptors (Lipinski definition) is 1. The molecule has 5 heteroatoms. The van der Waals surface area contributed by atoms with Crippen LogP contribution in [0.5, 0.6) is 0 Å². The molecule has 0 spiro atoms. The van der Waals surface area contributed by atoms with Crippen LogP contribution < -0.4 is 0 Å². The molecule has 1 aromatic rings. The number of benzene rings is 1. The first-order valence-electron chi connectivity index (χ1n) is 6.28. The van der Waals surface area contributed by atoms with Crippen LogP contribution in [-0.4, -0.2) is 28.7 Å². The summed E-state index contributed by atoms with van der Waals surface area (Å²) in [6.45, 7) is 4.22. The molecule has 1 amide bonds. The van der Waals surface area contributed by atoms with E-state index >= 15 is 0 Å². The molecular weight excluding hydrogens is 316 g/mol. The molecule has 1 fully saturated rings. The summed E-state index contributed by atoms with van der Waals surface area (Å²) in [5.41, 5.74) is 0.242. The maximum Gasteiger partial charge on any atom is 0.257 e. The fourth-order valence-electron chi connectivity index (χ4n) is 2.47. The highest BCUT2D eigenvalue weighted by molar-refractivity contribution is 9.09. The molecule has 0 bridgehead atoms. The Bertz CT molecular complexity index is 506. The van der Waals surface area contributed by atoms with Crippen molar-refractivity contribution < 1.29 is 13.6 Å². The minimum Gasteiger partial charge on any atom is -0.334 e. The molecule has 1 saturated heterocycles. The first kappa shape index (κ1) is 14.4. The van der Waals surface area contributed by atoms with Gasteiger partial charge in [-0.15, -0.1) is 0 Å². The van der Waals surface area contributed by atoms with E-state index in [2.05, 4.69) is 22.9 Å². The predicted octanol–water partition coefficient (Wildman–Crippen LogP) is 3.52. The molecule has 0 radical (unpaired) electrons. The summed E-state index contributed by atoms with van der Waals surface area (Å²) >= 11 is 3.39. The highest BCUT2D eigenvalue weighted by atomic mass is 79.9. The molecule has 1 aliphatic rings. The molecule has 19 heavy (non-hydrogen) atoms. The van der Waals surface area contributed by atoms with Crippen LogP contribution in [0.15, 0.2) is 12.1 Å². The molecule has 2 nitrogen and oxygen atoms in total. The van der Waals surface area contributed by atoms with Crippen LogP contribution in [0, 0.1) is 24.5 Å². The van der Waals surface area contributed by atoms with Gasteiger partial charge in [0.2, 0.25) is 0 Å². The summed E-state index contributed by atoms with van der Waals surface area (Å²) in [5.74, 6) is -1.39. The summed E-state index contributed by atoms with van der Waals surface area (Å²) in [6, 6.07) is 2.14. The van der Waals surface area contributed by atoms with E-state index in [4.69, 9.17) is 0 Å². The van der Waals surface area contributed by atoms with Crippen molar-refractivity contribution in [1.82, 2.24) is 4.90 Å². The Morgan fingerprint density at radius 1 is 1.42 bits per heavy atom. The highest BCUT2D eigenvalue weighted by Crippen LogP contribution is 2.28. The number of rotatable bonds is 2. The van der Waals surface area contributed by atoms with Crippen molar-refractivity contribution in [2.24, 2.45) is 5.92 Å². The number of carbonyl (C=O) groups excluding carboxylic acids is 1. The summed E-state index contributed by atoms with van der Waals surface area (Å²) in [7, 11) is 0. The van der Waals surface area contributed by atoms with E-state index < -0.39 is 11.6 Å². The molecule has 0 aromatic heterocycles. The van der Waals surface area contributed by atoms with E-state index in [1.165, 1.54) is 13.0 Å². The quantitative estimate of drug-likeness (QED) is 0.759. The van der Waals surface area contributed by atoms with Crippen molar-refractivity contribution in [2.75, 3.05) is 11.9 Å². The summed E-state index contributed by atoms with van der Waals surface area (Å²) in [6.07, 6.45) is 0.907. The van der Waals surface area contributed by atoms with Gasteiger partial charge >= 0.3 is 0 Å². The topological polar surface area (TPSA) is 20.3 Å². The first-order valence-corrected chi connectivity index (χ1v) is 7.40. The number of nitrogens with zero attached hydrogens (tertiary/aromatic N) is 1. The van der Waals surface area contributed by atoms with E-state index in [0.29, 0.717) is 17.8 Å². The monoisotopic (exact) mass is 331 g/mol. The zero-order valence-corrected chi connectivity index (χ0v) is 12.5. The standard InChI is InChI=1S/C14H16BrF2NO/c1-8-3-4-18(13(8)7-15)14(19)10-5-9(2)11(16)6-12(10)17/h5-6,8,13H,3-4,7H2,1-2H3. The lowest BCUT2D eigenvalue weighted by Gasteiger charge is -2.25. The third-order valence-corrected chi connectivity index (χ3v) is 4.44. The van der Waals surface area contributed by atoms with E-state index in [9.17, 15) is 13.6 Å². The van der Waals surface area contributed by atoms with Crippen molar-refractivity contribution >= 4 is 21.8 Å². The lowest BCUT2D eigenvalue weighted by atomic mass is 10.0. The Morgan fingerprint density at radius 3 is 2.74 bits per heavy atom. The van der Waals surface area contributed by atoms with Gasteiger partial charge in [-0.25, -0.2) is 8.78 Å². The van der Waals surface area contributed by atoms with Gasteiger partial charge in [0.25, 0.3) is 5.91 Å². The second kappa shape index (κ2) is 5.57. The molecule has 1 aromatic carbocycles. The predicted molar refractivity (Wildman–Crippen MR) is 73.5 cm³/mol. The van der Waals surface area contributed by atoms with Gasteiger partial charge in [-0.3, -0.25) is 4.79 Å². The average Bonchev–Trinajstić information content (AvgIpc) is 2.74. The fraction of sp³-hybridized carbons (Fsp3) is 0.500. The lowest BCUT2D eigenvalue weighted by Crippen LogP contribution is -2.39. The third-order valence-electron chi connectivity index (χ3n) is 3.78. The Balaban J connectivity index is 2.32. The second-order valence-electron chi connectivity index (χ2n) is 5.07. The van der Waals surface area contributed by atoms with Gasteiger partial charge < -0.3 is 4.90 Å². The Hall–Kier alpha value is -0.970.